The molecule has 33 heavy (non-hydrogen) atoms. The first-order chi connectivity index (χ1) is 15.5. The van der Waals surface area contributed by atoms with Gasteiger partial charge in [-0.1, -0.05) is 25.7 Å². The molecule has 0 unspecified atom stereocenters. The summed E-state index contributed by atoms with van der Waals surface area (Å²) < 4.78 is 86.8. The summed E-state index contributed by atoms with van der Waals surface area (Å²) in [7, 11) is -2.24. The van der Waals surface area contributed by atoms with E-state index in [9.17, 15) is 26.3 Å². The lowest BCUT2D eigenvalue weighted by Crippen LogP contribution is -2.34. The second-order valence-corrected chi connectivity index (χ2v) is 13.4. The summed E-state index contributed by atoms with van der Waals surface area (Å²) in [6, 6.07) is 4.22. The summed E-state index contributed by atoms with van der Waals surface area (Å²) in [6.45, 7) is -3.06. The minimum absolute atomic E-state index is 0.142. The van der Waals surface area contributed by atoms with Gasteiger partial charge in [-0.2, -0.15) is 26.3 Å². The van der Waals surface area contributed by atoms with Crippen LogP contribution in [0.5, 0.6) is 11.5 Å². The van der Waals surface area contributed by atoms with E-state index >= 15 is 0 Å². The number of hydrogen-bond donors (Lipinski definition) is 0. The zero-order valence-corrected chi connectivity index (χ0v) is 20.0. The van der Waals surface area contributed by atoms with Gasteiger partial charge in [0.25, 0.3) is 0 Å². The monoisotopic (exact) mass is 518 g/mol. The van der Waals surface area contributed by atoms with Crippen LogP contribution in [-0.2, 0) is 0 Å². The highest BCUT2D eigenvalue weighted by Crippen LogP contribution is 2.74. The highest BCUT2D eigenvalue weighted by Gasteiger charge is 2.47. The van der Waals surface area contributed by atoms with Crippen LogP contribution >= 0.6 is 18.9 Å². The molecule has 1 aromatic carbocycles. The smallest absolute Gasteiger partial charge is 0.422 e. The molecule has 2 nitrogen and oxygen atoms in total. The summed E-state index contributed by atoms with van der Waals surface area (Å²) in [5.74, 6) is -0.284. The lowest BCUT2D eigenvalue weighted by atomic mass is 9.99. The molecule has 0 aromatic heterocycles. The third-order valence-electron chi connectivity index (χ3n) is 6.64. The van der Waals surface area contributed by atoms with Crippen LogP contribution in [0.1, 0.15) is 64.2 Å². The van der Waals surface area contributed by atoms with Crippen molar-refractivity contribution in [2.24, 2.45) is 0 Å². The molecule has 2 fully saturated rings. The zero-order valence-electron chi connectivity index (χ0n) is 18.4. The van der Waals surface area contributed by atoms with Gasteiger partial charge in [-0.15, -0.1) is 0 Å². The fraction of sp³-hybridized carbons (Fsp3) is 0.696. The van der Waals surface area contributed by atoms with Gasteiger partial charge in [-0.05, 0) is 51.4 Å². The van der Waals surface area contributed by atoms with Crippen LogP contribution in [0.25, 0.3) is 0 Å². The summed E-state index contributed by atoms with van der Waals surface area (Å²) in [4.78, 5) is 0. The second-order valence-electron chi connectivity index (χ2n) is 8.99. The first-order valence-corrected chi connectivity index (χ1v) is 13.8. The molecule has 0 spiro atoms. The largest absolute Gasteiger partial charge is 0.484 e. The molecule has 10 heteroatoms. The summed E-state index contributed by atoms with van der Waals surface area (Å²) >= 11 is 6.61. The Morgan fingerprint density at radius 3 is 1.45 bits per heavy atom. The van der Waals surface area contributed by atoms with Crippen molar-refractivity contribution in [3.63, 3.8) is 0 Å². The maximum Gasteiger partial charge on any atom is 0.422 e. The maximum atomic E-state index is 12.8. The summed E-state index contributed by atoms with van der Waals surface area (Å²) in [5, 5.41) is 0.688. The van der Waals surface area contributed by atoms with Gasteiger partial charge < -0.3 is 21.1 Å². The molecule has 0 heterocycles. The Labute approximate surface area is 196 Å². The van der Waals surface area contributed by atoms with Gasteiger partial charge in [0.1, 0.15) is 11.5 Å². The van der Waals surface area contributed by atoms with Crippen molar-refractivity contribution in [2.75, 3.05) is 13.2 Å². The normalized spacial score (nSPS) is 19.5. The molecule has 0 radical (unpaired) electrons. The van der Waals surface area contributed by atoms with Crippen molar-refractivity contribution in [3.8, 4) is 11.5 Å². The Balaban J connectivity index is 2.05. The number of benzene rings is 1. The molecule has 2 saturated carbocycles. The Bertz CT molecular complexity index is 704. The van der Waals surface area contributed by atoms with Gasteiger partial charge in [-0.3, -0.25) is 0 Å². The zero-order chi connectivity index (χ0) is 24.1. The molecule has 0 saturated heterocycles. The topological polar surface area (TPSA) is 18.5 Å². The first-order valence-electron chi connectivity index (χ1n) is 11.4. The summed E-state index contributed by atoms with van der Waals surface area (Å²) in [6.07, 6.45) is 1.13. The SMILES string of the molecule is FC(F)(F)COc1cc(OCC(F)(F)F)cc([P+]([CH-]Cl)(C2CCCCC2)C2CCCCC2)c1. The van der Waals surface area contributed by atoms with Crippen LogP contribution in [0, 0.1) is 5.62 Å². The van der Waals surface area contributed by atoms with E-state index in [1.807, 2.05) is 0 Å². The van der Waals surface area contributed by atoms with Crippen molar-refractivity contribution in [2.45, 2.75) is 87.9 Å². The molecule has 0 atom stereocenters. The number of hydrogen-bond acceptors (Lipinski definition) is 2. The molecule has 0 bridgehead atoms. The average molecular weight is 519 g/mol. The Morgan fingerprint density at radius 2 is 1.12 bits per heavy atom. The maximum absolute atomic E-state index is 12.8. The van der Waals surface area contributed by atoms with Crippen LogP contribution in [0.3, 0.4) is 0 Å². The number of halogens is 7. The minimum atomic E-state index is -4.57. The van der Waals surface area contributed by atoms with E-state index < -0.39 is 32.8 Å². The van der Waals surface area contributed by atoms with Gasteiger partial charge in [0.05, 0.1) is 5.30 Å². The fourth-order valence-corrected chi connectivity index (χ4v) is 11.5. The van der Waals surface area contributed by atoms with Gasteiger partial charge in [0.15, 0.2) is 13.2 Å². The Kier molecular flexibility index (Phi) is 9.10. The molecular weight excluding hydrogens is 489 g/mol. The minimum Gasteiger partial charge on any atom is -0.484 e. The second kappa shape index (κ2) is 11.2. The lowest BCUT2D eigenvalue weighted by molar-refractivity contribution is -0.153. The third-order valence-corrected chi connectivity index (χ3v) is 12.5. The van der Waals surface area contributed by atoms with Gasteiger partial charge in [-0.25, -0.2) is 0 Å². The molecule has 1 aromatic rings. The van der Waals surface area contributed by atoms with E-state index in [2.05, 4.69) is 0 Å². The van der Waals surface area contributed by atoms with Crippen molar-refractivity contribution in [1.29, 1.82) is 0 Å². The third kappa shape index (κ3) is 7.30. The number of alkyl halides is 6. The summed E-state index contributed by atoms with van der Waals surface area (Å²) in [5.41, 5.74) is 2.26. The van der Waals surface area contributed by atoms with Crippen LogP contribution in [0.2, 0.25) is 0 Å². The molecule has 0 amide bonds. The van der Waals surface area contributed by atoms with Gasteiger partial charge in [0, 0.05) is 29.5 Å². The first kappa shape index (κ1) is 26.7. The van der Waals surface area contributed by atoms with E-state index in [1.54, 1.807) is 17.8 Å². The van der Waals surface area contributed by atoms with Crippen LogP contribution in [0.4, 0.5) is 26.3 Å². The predicted molar refractivity (Wildman–Crippen MR) is 120 cm³/mol. The lowest BCUT2D eigenvalue weighted by Gasteiger charge is -2.48. The van der Waals surface area contributed by atoms with E-state index in [4.69, 9.17) is 21.1 Å². The van der Waals surface area contributed by atoms with E-state index in [-0.39, 0.29) is 22.8 Å². The predicted octanol–water partition coefficient (Wildman–Crippen LogP) is 8.24. The highest BCUT2D eigenvalue weighted by atomic mass is 35.5. The highest BCUT2D eigenvalue weighted by molar-refractivity contribution is 7.87. The molecule has 3 rings (SSSR count). The molecule has 0 aliphatic heterocycles. The van der Waals surface area contributed by atoms with E-state index in [0.29, 0.717) is 5.30 Å². The molecule has 0 N–H and O–H groups in total. The fourth-order valence-electron chi connectivity index (χ4n) is 5.23. The number of rotatable bonds is 8. The van der Waals surface area contributed by atoms with Crippen molar-refractivity contribution < 1.29 is 35.8 Å². The molecule has 2 aliphatic carbocycles. The van der Waals surface area contributed by atoms with Crippen LogP contribution in [-0.4, -0.2) is 36.9 Å². The van der Waals surface area contributed by atoms with Crippen molar-refractivity contribution in [1.82, 2.24) is 0 Å². The van der Waals surface area contributed by atoms with E-state index in [0.717, 1.165) is 70.3 Å². The number of ether oxygens (including phenoxy) is 2. The van der Waals surface area contributed by atoms with Crippen LogP contribution < -0.4 is 14.8 Å². The quantitative estimate of drug-likeness (QED) is 0.196. The molecular formula is C23H30ClF6O2P. The van der Waals surface area contributed by atoms with Crippen molar-refractivity contribution >= 4 is 24.2 Å². The molecule has 188 valence electrons. The van der Waals surface area contributed by atoms with Gasteiger partial charge >= 0.3 is 12.4 Å². The van der Waals surface area contributed by atoms with Crippen molar-refractivity contribution in [3.05, 3.63) is 23.8 Å². The van der Waals surface area contributed by atoms with Gasteiger partial charge in [0.2, 0.25) is 0 Å². The Hall–Kier alpha value is -0.880. The average Bonchev–Trinajstić information content (AvgIpc) is 2.78. The van der Waals surface area contributed by atoms with Crippen LogP contribution in [0.15, 0.2) is 18.2 Å². The molecule has 2 aliphatic rings. The standard InChI is InChI=1S/C23H30ClF6O2P/c24-16-33(19-7-3-1-4-8-19,20-9-5-2-6-10-20)21-12-17(31-14-22(25,26)27)11-18(13-21)32-15-23(28,29)30/h11-13,16,19-20H,1-10,14-15H2. The Morgan fingerprint density at radius 1 is 0.727 bits per heavy atom. The van der Waals surface area contributed by atoms with E-state index in [1.165, 1.54) is 0 Å².